The average Bonchev–Trinajstić information content (AvgIpc) is 2.07. The molecule has 0 saturated heterocycles. The van der Waals surface area contributed by atoms with Gasteiger partial charge in [0.25, 0.3) is 0 Å². The van der Waals surface area contributed by atoms with Crippen molar-refractivity contribution in [3.63, 3.8) is 0 Å². The first-order chi connectivity index (χ1) is 5.74. The highest BCUT2D eigenvalue weighted by Crippen LogP contribution is 2.07. The Morgan fingerprint density at radius 3 is 2.75 bits per heavy atom. The van der Waals surface area contributed by atoms with Crippen molar-refractivity contribution in [3.05, 3.63) is 35.1 Å². The van der Waals surface area contributed by atoms with E-state index >= 15 is 0 Å². The summed E-state index contributed by atoms with van der Waals surface area (Å²) in [6.07, 6.45) is 0. The standard InChI is InChI=1S/C10H6FN/c1-8-4-5-9(3-2-6-12)7-10(8)11/h4-5,7H,1H3. The third-order valence-electron chi connectivity index (χ3n) is 1.43. The molecule has 2 heteroatoms. The van der Waals surface area contributed by atoms with Crippen molar-refractivity contribution in [2.24, 2.45) is 0 Å². The van der Waals surface area contributed by atoms with Gasteiger partial charge in [0.15, 0.2) is 6.07 Å². The summed E-state index contributed by atoms with van der Waals surface area (Å²) in [5.41, 5.74) is 1.11. The second kappa shape index (κ2) is 3.55. The number of benzene rings is 1. The van der Waals surface area contributed by atoms with Gasteiger partial charge in [-0.25, -0.2) is 4.39 Å². The van der Waals surface area contributed by atoms with E-state index in [1.165, 1.54) is 6.07 Å². The summed E-state index contributed by atoms with van der Waals surface area (Å²) >= 11 is 0. The van der Waals surface area contributed by atoms with Gasteiger partial charge in [0.2, 0.25) is 0 Å². The van der Waals surface area contributed by atoms with Gasteiger partial charge in [-0.2, -0.15) is 5.26 Å². The molecular weight excluding hydrogens is 153 g/mol. The fourth-order valence-electron chi connectivity index (χ4n) is 0.771. The second-order valence-corrected chi connectivity index (χ2v) is 2.33. The van der Waals surface area contributed by atoms with E-state index in [-0.39, 0.29) is 5.82 Å². The lowest BCUT2D eigenvalue weighted by atomic mass is 10.1. The van der Waals surface area contributed by atoms with Crippen molar-refractivity contribution in [2.45, 2.75) is 6.92 Å². The summed E-state index contributed by atoms with van der Waals surface area (Å²) in [5.74, 6) is 4.42. The molecule has 1 aromatic rings. The molecule has 1 nitrogen and oxygen atoms in total. The Balaban J connectivity index is 3.07. The molecule has 12 heavy (non-hydrogen) atoms. The summed E-state index contributed by atoms with van der Waals surface area (Å²) in [6, 6.07) is 6.30. The van der Waals surface area contributed by atoms with E-state index in [4.69, 9.17) is 5.26 Å². The number of hydrogen-bond acceptors (Lipinski definition) is 1. The zero-order valence-corrected chi connectivity index (χ0v) is 6.56. The lowest BCUT2D eigenvalue weighted by molar-refractivity contribution is 0.618. The molecule has 0 unspecified atom stereocenters. The first-order valence-electron chi connectivity index (χ1n) is 3.40. The van der Waals surface area contributed by atoms with E-state index < -0.39 is 0 Å². The highest BCUT2D eigenvalue weighted by molar-refractivity contribution is 5.39. The maximum Gasteiger partial charge on any atom is 0.152 e. The maximum absolute atomic E-state index is 12.9. The molecule has 0 N–H and O–H groups in total. The zero-order chi connectivity index (χ0) is 8.97. The van der Waals surface area contributed by atoms with Crippen LogP contribution in [0.15, 0.2) is 18.2 Å². The molecule has 1 rings (SSSR count). The van der Waals surface area contributed by atoms with Gasteiger partial charge in [0.05, 0.1) is 0 Å². The predicted molar refractivity (Wildman–Crippen MR) is 43.6 cm³/mol. The Morgan fingerprint density at radius 2 is 2.17 bits per heavy atom. The Morgan fingerprint density at radius 1 is 1.42 bits per heavy atom. The number of halogens is 1. The third kappa shape index (κ3) is 1.84. The minimum atomic E-state index is -0.292. The van der Waals surface area contributed by atoms with E-state index in [2.05, 4.69) is 11.8 Å². The lowest BCUT2D eigenvalue weighted by Gasteiger charge is -1.94. The smallest absolute Gasteiger partial charge is 0.152 e. The van der Waals surface area contributed by atoms with Crippen LogP contribution in [0, 0.1) is 35.9 Å². The van der Waals surface area contributed by atoms with Crippen LogP contribution in [0.5, 0.6) is 0 Å². The molecule has 0 amide bonds. The molecule has 0 spiro atoms. The number of hydrogen-bond donors (Lipinski definition) is 0. The van der Waals surface area contributed by atoms with Gasteiger partial charge < -0.3 is 0 Å². The summed E-state index contributed by atoms with van der Waals surface area (Å²) in [6.45, 7) is 1.68. The van der Waals surface area contributed by atoms with Crippen LogP contribution in [0.2, 0.25) is 0 Å². The lowest BCUT2D eigenvalue weighted by Crippen LogP contribution is -1.82. The quantitative estimate of drug-likeness (QED) is 0.531. The molecule has 0 bridgehead atoms. The number of rotatable bonds is 0. The largest absolute Gasteiger partial charge is 0.207 e. The second-order valence-electron chi connectivity index (χ2n) is 2.33. The SMILES string of the molecule is Cc1ccc(C#CC#N)cc1F. The summed E-state index contributed by atoms with van der Waals surface area (Å²) in [7, 11) is 0. The van der Waals surface area contributed by atoms with E-state index in [0.717, 1.165) is 0 Å². The normalized spacial score (nSPS) is 8.08. The van der Waals surface area contributed by atoms with Crippen LogP contribution in [0.1, 0.15) is 11.1 Å². The molecular formula is C10H6FN. The van der Waals surface area contributed by atoms with Crippen molar-refractivity contribution in [3.8, 4) is 17.9 Å². The van der Waals surface area contributed by atoms with Gasteiger partial charge in [-0.05, 0) is 24.6 Å². The zero-order valence-electron chi connectivity index (χ0n) is 6.56. The van der Waals surface area contributed by atoms with Crippen molar-refractivity contribution < 1.29 is 4.39 Å². The molecule has 0 aliphatic rings. The highest BCUT2D eigenvalue weighted by Gasteiger charge is 1.95. The molecule has 0 radical (unpaired) electrons. The number of nitriles is 1. The Hall–Kier alpha value is -1.80. The number of aryl methyl sites for hydroxylation is 1. The van der Waals surface area contributed by atoms with Crippen molar-refractivity contribution >= 4 is 0 Å². The van der Waals surface area contributed by atoms with Gasteiger partial charge in [-0.15, -0.1) is 0 Å². The fourth-order valence-corrected chi connectivity index (χ4v) is 0.771. The Kier molecular flexibility index (Phi) is 2.46. The predicted octanol–water partition coefficient (Wildman–Crippen LogP) is 2.01. The van der Waals surface area contributed by atoms with Crippen LogP contribution < -0.4 is 0 Å². The topological polar surface area (TPSA) is 23.8 Å². The van der Waals surface area contributed by atoms with Crippen LogP contribution in [0.4, 0.5) is 4.39 Å². The fraction of sp³-hybridized carbons (Fsp3) is 0.100. The molecule has 0 aromatic heterocycles. The molecule has 0 heterocycles. The van der Waals surface area contributed by atoms with Crippen LogP contribution in [-0.4, -0.2) is 0 Å². The van der Waals surface area contributed by atoms with Crippen LogP contribution in [-0.2, 0) is 0 Å². The Bertz CT molecular complexity index is 391. The van der Waals surface area contributed by atoms with Crippen LogP contribution >= 0.6 is 0 Å². The molecule has 0 fully saturated rings. The third-order valence-corrected chi connectivity index (χ3v) is 1.43. The van der Waals surface area contributed by atoms with Crippen LogP contribution in [0.3, 0.4) is 0 Å². The molecule has 1 aromatic carbocycles. The molecule has 0 aliphatic carbocycles. The Labute approximate surface area is 70.4 Å². The van der Waals surface area contributed by atoms with E-state index in [1.54, 1.807) is 25.1 Å². The molecule has 0 saturated carbocycles. The van der Waals surface area contributed by atoms with Gasteiger partial charge in [-0.3, -0.25) is 0 Å². The first-order valence-corrected chi connectivity index (χ1v) is 3.40. The van der Waals surface area contributed by atoms with Gasteiger partial charge in [0, 0.05) is 11.5 Å². The van der Waals surface area contributed by atoms with Gasteiger partial charge in [-0.1, -0.05) is 12.0 Å². The van der Waals surface area contributed by atoms with E-state index in [9.17, 15) is 4.39 Å². The summed E-state index contributed by atoms with van der Waals surface area (Å²) in [5, 5.41) is 8.13. The van der Waals surface area contributed by atoms with Crippen molar-refractivity contribution in [1.29, 1.82) is 5.26 Å². The molecule has 0 aliphatic heterocycles. The maximum atomic E-state index is 12.9. The summed E-state index contributed by atoms with van der Waals surface area (Å²) in [4.78, 5) is 0. The first kappa shape index (κ1) is 8.30. The molecule has 0 atom stereocenters. The van der Waals surface area contributed by atoms with Crippen molar-refractivity contribution in [2.75, 3.05) is 0 Å². The summed E-state index contributed by atoms with van der Waals surface area (Å²) < 4.78 is 12.9. The minimum Gasteiger partial charge on any atom is -0.207 e. The van der Waals surface area contributed by atoms with Crippen LogP contribution in [0.25, 0.3) is 0 Å². The monoisotopic (exact) mass is 159 g/mol. The van der Waals surface area contributed by atoms with Gasteiger partial charge in [0.1, 0.15) is 5.82 Å². The van der Waals surface area contributed by atoms with E-state index in [0.29, 0.717) is 11.1 Å². The van der Waals surface area contributed by atoms with Crippen molar-refractivity contribution in [1.82, 2.24) is 0 Å². The average molecular weight is 159 g/mol. The van der Waals surface area contributed by atoms with E-state index in [1.807, 2.05) is 0 Å². The minimum absolute atomic E-state index is 0.292. The molecule has 58 valence electrons. The number of nitrogens with zero attached hydrogens (tertiary/aromatic N) is 1. The highest BCUT2D eigenvalue weighted by atomic mass is 19.1. The van der Waals surface area contributed by atoms with Gasteiger partial charge >= 0.3 is 0 Å².